The average Bonchev–Trinajstić information content (AvgIpc) is 2.90. The largest absolute Gasteiger partial charge is 0.375 e. The maximum absolute atomic E-state index is 13.9. The zero-order valence-electron chi connectivity index (χ0n) is 11.7. The number of anilines is 1. The first-order chi connectivity index (χ1) is 9.90. The van der Waals surface area contributed by atoms with E-state index in [2.05, 4.69) is 5.32 Å². The molecule has 0 bridgehead atoms. The van der Waals surface area contributed by atoms with Crippen LogP contribution in [0.4, 0.5) is 14.5 Å². The molecule has 0 radical (unpaired) electrons. The van der Waals surface area contributed by atoms with E-state index < -0.39 is 17.5 Å². The number of hydrogen-bond acceptors (Lipinski definition) is 3. The summed E-state index contributed by atoms with van der Waals surface area (Å²) in [6.07, 6.45) is 0. The number of carbonyl (C=O) groups is 1. The number of benzene rings is 1. The fraction of sp³-hybridized carbons (Fsp3) is 0.267. The van der Waals surface area contributed by atoms with E-state index in [1.54, 1.807) is 11.3 Å². The van der Waals surface area contributed by atoms with Crippen molar-refractivity contribution >= 4 is 22.9 Å². The molecule has 1 atom stereocenters. The summed E-state index contributed by atoms with van der Waals surface area (Å²) >= 11 is 1.55. The number of thiophene rings is 1. The van der Waals surface area contributed by atoms with Crippen LogP contribution in [0.3, 0.4) is 0 Å². The van der Waals surface area contributed by atoms with Crippen LogP contribution in [0, 0.1) is 17.6 Å². The number of nitrogens with two attached hydrogens (primary N) is 1. The minimum atomic E-state index is -0.956. The Morgan fingerprint density at radius 2 is 2.00 bits per heavy atom. The molecule has 0 saturated carbocycles. The van der Waals surface area contributed by atoms with Gasteiger partial charge in [-0.3, -0.25) is 4.79 Å². The second kappa shape index (κ2) is 6.22. The summed E-state index contributed by atoms with van der Waals surface area (Å²) in [6, 6.07) is 5.52. The molecule has 0 aliphatic rings. The molecule has 3 N–H and O–H groups in total. The number of amides is 1. The molecule has 1 aromatic carbocycles. The number of carbonyl (C=O) groups excluding carboxylic acids is 1. The van der Waals surface area contributed by atoms with E-state index in [0.29, 0.717) is 6.07 Å². The van der Waals surface area contributed by atoms with Gasteiger partial charge < -0.3 is 11.1 Å². The summed E-state index contributed by atoms with van der Waals surface area (Å²) in [4.78, 5) is 12.2. The second-order valence-corrected chi connectivity index (χ2v) is 6.04. The Labute approximate surface area is 125 Å². The lowest BCUT2D eigenvalue weighted by atomic mass is 10.0. The van der Waals surface area contributed by atoms with Crippen LogP contribution in [-0.4, -0.2) is 5.91 Å². The minimum Gasteiger partial charge on any atom is -0.375 e. The monoisotopic (exact) mass is 310 g/mol. The average molecular weight is 310 g/mol. The van der Waals surface area contributed by atoms with E-state index >= 15 is 0 Å². The molecular formula is C15H16F2N2OS. The van der Waals surface area contributed by atoms with Gasteiger partial charge in [0, 0.05) is 10.9 Å². The van der Waals surface area contributed by atoms with Gasteiger partial charge in [-0.2, -0.15) is 0 Å². The predicted octanol–water partition coefficient (Wildman–Crippen LogP) is 3.93. The molecule has 1 heterocycles. The van der Waals surface area contributed by atoms with Crippen LogP contribution in [0.2, 0.25) is 0 Å². The van der Waals surface area contributed by atoms with Crippen LogP contribution in [0.25, 0.3) is 0 Å². The van der Waals surface area contributed by atoms with Crippen molar-refractivity contribution in [1.29, 1.82) is 0 Å². The van der Waals surface area contributed by atoms with Gasteiger partial charge in [0.25, 0.3) is 5.91 Å². The van der Waals surface area contributed by atoms with Crippen molar-refractivity contribution in [3.05, 3.63) is 51.7 Å². The number of hydrogen-bond donors (Lipinski definition) is 2. The van der Waals surface area contributed by atoms with Gasteiger partial charge in [0.2, 0.25) is 0 Å². The lowest BCUT2D eigenvalue weighted by Crippen LogP contribution is -2.18. The van der Waals surface area contributed by atoms with E-state index in [0.717, 1.165) is 10.9 Å². The standard InChI is InChI=1S/C15H16F2N2OS/c1-8(2)14(13-4-3-5-21-13)19-12-6-9(15(18)20)10(16)7-11(12)17/h3-8,14,19H,1-2H3,(H2,18,20). The third kappa shape index (κ3) is 3.39. The Balaban J connectivity index is 2.37. The SMILES string of the molecule is CC(C)C(Nc1cc(C(N)=O)c(F)cc1F)c1cccs1. The van der Waals surface area contributed by atoms with Gasteiger partial charge >= 0.3 is 0 Å². The maximum Gasteiger partial charge on any atom is 0.251 e. The molecule has 1 unspecified atom stereocenters. The molecule has 3 nitrogen and oxygen atoms in total. The van der Waals surface area contributed by atoms with Gasteiger partial charge in [0.05, 0.1) is 17.3 Å². The molecule has 0 aliphatic carbocycles. The summed E-state index contributed by atoms with van der Waals surface area (Å²) in [6.45, 7) is 3.99. The fourth-order valence-corrected chi connectivity index (χ4v) is 3.00. The molecule has 1 amide bonds. The Morgan fingerprint density at radius 1 is 1.29 bits per heavy atom. The normalized spacial score (nSPS) is 12.4. The first-order valence-corrected chi connectivity index (χ1v) is 7.37. The smallest absolute Gasteiger partial charge is 0.251 e. The van der Waals surface area contributed by atoms with Gasteiger partial charge in [-0.1, -0.05) is 19.9 Å². The lowest BCUT2D eigenvalue weighted by molar-refractivity contribution is 0.0996. The molecule has 0 saturated heterocycles. The van der Waals surface area contributed by atoms with E-state index in [1.165, 1.54) is 0 Å². The Kier molecular flexibility index (Phi) is 4.57. The Bertz CT molecular complexity index is 641. The highest BCUT2D eigenvalue weighted by Gasteiger charge is 2.20. The van der Waals surface area contributed by atoms with Crippen LogP contribution >= 0.6 is 11.3 Å². The molecule has 2 aromatic rings. The summed E-state index contributed by atoms with van der Waals surface area (Å²) in [5, 5.41) is 4.97. The molecule has 1 aromatic heterocycles. The highest BCUT2D eigenvalue weighted by Crippen LogP contribution is 2.31. The van der Waals surface area contributed by atoms with Gasteiger partial charge in [0.15, 0.2) is 0 Å². The van der Waals surface area contributed by atoms with Crippen LogP contribution in [0.1, 0.15) is 35.1 Å². The van der Waals surface area contributed by atoms with Crippen molar-refractivity contribution in [2.75, 3.05) is 5.32 Å². The zero-order valence-corrected chi connectivity index (χ0v) is 12.5. The first-order valence-electron chi connectivity index (χ1n) is 6.49. The zero-order chi connectivity index (χ0) is 15.6. The third-order valence-corrected chi connectivity index (χ3v) is 4.10. The molecular weight excluding hydrogens is 294 g/mol. The molecule has 0 aliphatic heterocycles. The summed E-state index contributed by atoms with van der Waals surface area (Å²) in [7, 11) is 0. The molecule has 112 valence electrons. The number of halogens is 2. The van der Waals surface area contributed by atoms with Gasteiger partial charge in [-0.15, -0.1) is 11.3 Å². The van der Waals surface area contributed by atoms with Crippen LogP contribution in [-0.2, 0) is 0 Å². The number of primary amides is 1. The fourth-order valence-electron chi connectivity index (χ4n) is 2.05. The second-order valence-electron chi connectivity index (χ2n) is 5.06. The first kappa shape index (κ1) is 15.4. The van der Waals surface area contributed by atoms with Crippen LogP contribution in [0.15, 0.2) is 29.6 Å². The molecule has 2 rings (SSSR count). The van der Waals surface area contributed by atoms with Gasteiger partial charge in [-0.05, 0) is 23.4 Å². The van der Waals surface area contributed by atoms with Crippen LogP contribution in [0.5, 0.6) is 0 Å². The predicted molar refractivity (Wildman–Crippen MR) is 80.4 cm³/mol. The highest BCUT2D eigenvalue weighted by atomic mass is 32.1. The van der Waals surface area contributed by atoms with E-state index in [-0.39, 0.29) is 23.2 Å². The van der Waals surface area contributed by atoms with Crippen molar-refractivity contribution in [3.63, 3.8) is 0 Å². The maximum atomic E-state index is 13.9. The highest BCUT2D eigenvalue weighted by molar-refractivity contribution is 7.10. The van der Waals surface area contributed by atoms with Crippen molar-refractivity contribution in [2.24, 2.45) is 11.7 Å². The number of nitrogens with one attached hydrogen (secondary N) is 1. The summed E-state index contributed by atoms with van der Waals surface area (Å²) in [5.74, 6) is -2.44. The quantitative estimate of drug-likeness (QED) is 0.879. The van der Waals surface area contributed by atoms with Crippen LogP contribution < -0.4 is 11.1 Å². The number of rotatable bonds is 5. The van der Waals surface area contributed by atoms with Crippen molar-refractivity contribution in [3.8, 4) is 0 Å². The lowest BCUT2D eigenvalue weighted by Gasteiger charge is -2.23. The van der Waals surface area contributed by atoms with Gasteiger partial charge in [-0.25, -0.2) is 8.78 Å². The topological polar surface area (TPSA) is 55.1 Å². The van der Waals surface area contributed by atoms with Crippen molar-refractivity contribution in [2.45, 2.75) is 19.9 Å². The molecule has 21 heavy (non-hydrogen) atoms. The summed E-state index contributed by atoms with van der Waals surface area (Å²) in [5.41, 5.74) is 4.83. The summed E-state index contributed by atoms with van der Waals surface area (Å²) < 4.78 is 27.4. The van der Waals surface area contributed by atoms with Gasteiger partial charge in [0.1, 0.15) is 11.6 Å². The van der Waals surface area contributed by atoms with E-state index in [1.807, 2.05) is 31.4 Å². The minimum absolute atomic E-state index is 0.0669. The van der Waals surface area contributed by atoms with E-state index in [9.17, 15) is 13.6 Å². The Hall–Kier alpha value is -1.95. The van der Waals surface area contributed by atoms with Crippen molar-refractivity contribution < 1.29 is 13.6 Å². The van der Waals surface area contributed by atoms with Crippen molar-refractivity contribution in [1.82, 2.24) is 0 Å². The molecule has 6 heteroatoms. The van der Waals surface area contributed by atoms with E-state index in [4.69, 9.17) is 5.73 Å². The Morgan fingerprint density at radius 3 is 2.52 bits per heavy atom. The molecule has 0 spiro atoms. The molecule has 0 fully saturated rings. The third-order valence-electron chi connectivity index (χ3n) is 3.15.